The van der Waals surface area contributed by atoms with Crippen LogP contribution in [0.1, 0.15) is 16.2 Å². The van der Waals surface area contributed by atoms with Crippen molar-refractivity contribution in [2.45, 2.75) is 6.54 Å². The number of hydrogen-bond acceptors (Lipinski definition) is 4. The number of fused-ring (bicyclic) bond motifs is 2. The third kappa shape index (κ3) is 3.60. The zero-order chi connectivity index (χ0) is 20.4. The molecule has 2 aromatic heterocycles. The first-order valence-corrected chi connectivity index (χ1v) is 9.10. The van der Waals surface area contributed by atoms with E-state index in [-0.39, 0.29) is 30.0 Å². The Morgan fingerprint density at radius 1 is 1.07 bits per heavy atom. The summed E-state index contributed by atoms with van der Waals surface area (Å²) in [5.41, 5.74) is 2.06. The zero-order valence-corrected chi connectivity index (χ0v) is 15.7. The highest BCUT2D eigenvalue weighted by atomic mass is 16.2. The van der Waals surface area contributed by atoms with E-state index < -0.39 is 5.91 Å². The molecular formula is C21H19N5O3. The summed E-state index contributed by atoms with van der Waals surface area (Å²) in [7, 11) is 1.88. The van der Waals surface area contributed by atoms with Gasteiger partial charge in [-0.3, -0.25) is 14.4 Å². The van der Waals surface area contributed by atoms with Gasteiger partial charge >= 0.3 is 0 Å². The number of carbonyl (C=O) groups excluding carboxylic acids is 2. The smallest absolute Gasteiger partial charge is 0.257 e. The Kier molecular flexibility index (Phi) is 4.82. The number of rotatable bonds is 5. The summed E-state index contributed by atoms with van der Waals surface area (Å²) in [6.07, 6.45) is 1.36. The molecule has 8 heteroatoms. The van der Waals surface area contributed by atoms with Gasteiger partial charge in [-0.05, 0) is 24.3 Å². The molecule has 8 nitrogen and oxygen atoms in total. The van der Waals surface area contributed by atoms with Gasteiger partial charge in [-0.1, -0.05) is 24.3 Å². The Labute approximate surface area is 165 Å². The molecule has 0 aliphatic carbocycles. The Morgan fingerprint density at radius 2 is 1.83 bits per heavy atom. The molecule has 0 saturated carbocycles. The first kappa shape index (κ1) is 18.4. The van der Waals surface area contributed by atoms with Gasteiger partial charge in [-0.25, -0.2) is 4.98 Å². The Morgan fingerprint density at radius 3 is 2.66 bits per heavy atom. The number of benzene rings is 2. The number of aromatic amines is 1. The molecule has 3 N–H and O–H groups in total. The van der Waals surface area contributed by atoms with Crippen LogP contribution in [0.2, 0.25) is 0 Å². The fraction of sp³-hybridized carbons (Fsp3) is 0.143. The van der Waals surface area contributed by atoms with Crippen LogP contribution in [0.3, 0.4) is 0 Å². The molecule has 29 heavy (non-hydrogen) atoms. The van der Waals surface area contributed by atoms with E-state index >= 15 is 0 Å². The largest absolute Gasteiger partial charge is 0.360 e. The van der Waals surface area contributed by atoms with Crippen LogP contribution in [0.25, 0.3) is 21.9 Å². The van der Waals surface area contributed by atoms with Gasteiger partial charge in [0, 0.05) is 24.1 Å². The number of H-pyrrole nitrogens is 1. The van der Waals surface area contributed by atoms with Crippen molar-refractivity contribution in [1.29, 1.82) is 0 Å². The van der Waals surface area contributed by atoms with Crippen LogP contribution in [-0.4, -0.2) is 32.9 Å². The molecule has 4 rings (SSSR count). The van der Waals surface area contributed by atoms with E-state index in [1.54, 1.807) is 24.3 Å². The summed E-state index contributed by atoms with van der Waals surface area (Å²) < 4.78 is 1.91. The lowest BCUT2D eigenvalue weighted by atomic mass is 10.1. The van der Waals surface area contributed by atoms with Crippen LogP contribution in [0.4, 0.5) is 0 Å². The summed E-state index contributed by atoms with van der Waals surface area (Å²) in [6, 6.07) is 14.6. The molecule has 2 amide bonds. The van der Waals surface area contributed by atoms with Gasteiger partial charge in [0.15, 0.2) is 0 Å². The number of hydrogen-bond donors (Lipinski definition) is 3. The summed E-state index contributed by atoms with van der Waals surface area (Å²) in [5.74, 6) is -0.269. The molecule has 0 aliphatic heterocycles. The lowest BCUT2D eigenvalue weighted by Crippen LogP contribution is -2.38. The van der Waals surface area contributed by atoms with E-state index in [1.807, 2.05) is 35.9 Å². The molecule has 0 bridgehead atoms. The van der Waals surface area contributed by atoms with Gasteiger partial charge in [0.25, 0.3) is 5.91 Å². The van der Waals surface area contributed by atoms with E-state index in [0.717, 1.165) is 11.0 Å². The summed E-state index contributed by atoms with van der Waals surface area (Å²) in [5, 5.41) is 5.64. The molecule has 0 unspecified atom stereocenters. The number of carbonyl (C=O) groups is 2. The van der Waals surface area contributed by atoms with Crippen molar-refractivity contribution in [3.8, 4) is 0 Å². The minimum Gasteiger partial charge on any atom is -0.360 e. The summed E-state index contributed by atoms with van der Waals surface area (Å²) in [4.78, 5) is 44.3. The highest BCUT2D eigenvalue weighted by Gasteiger charge is 2.14. The molecule has 0 saturated heterocycles. The number of para-hydroxylation sites is 3. The molecule has 2 heterocycles. The number of imidazole rings is 1. The summed E-state index contributed by atoms with van der Waals surface area (Å²) >= 11 is 0. The minimum atomic E-state index is -0.602. The number of aryl methyl sites for hydroxylation is 1. The monoisotopic (exact) mass is 389 g/mol. The predicted molar refractivity (Wildman–Crippen MR) is 109 cm³/mol. The first-order chi connectivity index (χ1) is 14.0. The average Bonchev–Trinajstić information content (AvgIpc) is 3.07. The molecule has 0 aliphatic rings. The number of nitrogens with zero attached hydrogens (tertiary/aromatic N) is 2. The molecule has 146 valence electrons. The number of aromatic nitrogens is 3. The Hall–Kier alpha value is -3.94. The van der Waals surface area contributed by atoms with Crippen LogP contribution in [0.5, 0.6) is 0 Å². The van der Waals surface area contributed by atoms with Crippen molar-refractivity contribution in [1.82, 2.24) is 25.2 Å². The zero-order valence-electron chi connectivity index (χ0n) is 15.7. The number of pyridine rings is 1. The number of amides is 2. The quantitative estimate of drug-likeness (QED) is 0.480. The second kappa shape index (κ2) is 7.59. The SMILES string of the molecule is Cn1c(CNC(=O)CNC(=O)c2c[nH]c3ccccc3c2=O)nc2ccccc21. The van der Waals surface area contributed by atoms with Gasteiger partial charge in [0.05, 0.1) is 24.1 Å². The molecule has 0 radical (unpaired) electrons. The Balaban J connectivity index is 1.38. The van der Waals surface area contributed by atoms with Crippen molar-refractivity contribution in [2.75, 3.05) is 6.54 Å². The van der Waals surface area contributed by atoms with Crippen LogP contribution >= 0.6 is 0 Å². The van der Waals surface area contributed by atoms with Gasteiger partial charge in [-0.2, -0.15) is 0 Å². The van der Waals surface area contributed by atoms with Gasteiger partial charge < -0.3 is 20.2 Å². The van der Waals surface area contributed by atoms with Gasteiger partial charge in [-0.15, -0.1) is 0 Å². The Bertz CT molecular complexity index is 1290. The van der Waals surface area contributed by atoms with Crippen LogP contribution in [-0.2, 0) is 18.4 Å². The second-order valence-corrected chi connectivity index (χ2v) is 6.61. The summed E-state index contributed by atoms with van der Waals surface area (Å²) in [6.45, 7) is -0.00845. The minimum absolute atomic E-state index is 0.0353. The first-order valence-electron chi connectivity index (χ1n) is 9.10. The van der Waals surface area contributed by atoms with E-state index in [2.05, 4.69) is 20.6 Å². The van der Waals surface area contributed by atoms with Crippen molar-refractivity contribution in [3.05, 3.63) is 76.3 Å². The highest BCUT2D eigenvalue weighted by molar-refractivity contribution is 5.98. The number of nitrogens with one attached hydrogen (secondary N) is 3. The van der Waals surface area contributed by atoms with E-state index in [1.165, 1.54) is 6.20 Å². The van der Waals surface area contributed by atoms with Crippen molar-refractivity contribution >= 4 is 33.8 Å². The van der Waals surface area contributed by atoms with E-state index in [9.17, 15) is 14.4 Å². The molecule has 4 aromatic rings. The lowest BCUT2D eigenvalue weighted by Gasteiger charge is -2.07. The highest BCUT2D eigenvalue weighted by Crippen LogP contribution is 2.13. The topological polar surface area (TPSA) is 109 Å². The fourth-order valence-corrected chi connectivity index (χ4v) is 3.19. The third-order valence-corrected chi connectivity index (χ3v) is 4.77. The van der Waals surface area contributed by atoms with Crippen LogP contribution in [0, 0.1) is 0 Å². The average molecular weight is 389 g/mol. The molecule has 0 atom stereocenters. The predicted octanol–water partition coefficient (Wildman–Crippen LogP) is 1.46. The third-order valence-electron chi connectivity index (χ3n) is 4.77. The fourth-order valence-electron chi connectivity index (χ4n) is 3.19. The molecule has 0 fully saturated rings. The maximum absolute atomic E-state index is 12.5. The van der Waals surface area contributed by atoms with Crippen LogP contribution < -0.4 is 16.1 Å². The van der Waals surface area contributed by atoms with Crippen molar-refractivity contribution in [3.63, 3.8) is 0 Å². The molecular weight excluding hydrogens is 370 g/mol. The van der Waals surface area contributed by atoms with Crippen molar-refractivity contribution < 1.29 is 9.59 Å². The van der Waals surface area contributed by atoms with Gasteiger partial charge in [0.1, 0.15) is 11.4 Å². The maximum atomic E-state index is 12.5. The lowest BCUT2D eigenvalue weighted by molar-refractivity contribution is -0.120. The van der Waals surface area contributed by atoms with Gasteiger partial charge in [0.2, 0.25) is 11.3 Å². The van der Waals surface area contributed by atoms with E-state index in [4.69, 9.17) is 0 Å². The van der Waals surface area contributed by atoms with E-state index in [0.29, 0.717) is 16.7 Å². The van der Waals surface area contributed by atoms with Crippen LogP contribution in [0.15, 0.2) is 59.5 Å². The molecule has 0 spiro atoms. The standard InChI is InChI=1S/C21H19N5O3/c1-26-17-9-5-4-8-16(17)25-18(26)11-23-19(27)12-24-21(29)14-10-22-15-7-3-2-6-13(15)20(14)28/h2-10H,11-12H2,1H3,(H,22,28)(H,23,27)(H,24,29). The molecule has 2 aromatic carbocycles. The maximum Gasteiger partial charge on any atom is 0.257 e. The second-order valence-electron chi connectivity index (χ2n) is 6.61. The normalized spacial score (nSPS) is 10.9. The van der Waals surface area contributed by atoms with Crippen molar-refractivity contribution in [2.24, 2.45) is 7.05 Å².